The molecule has 4 heteroatoms. The highest BCUT2D eigenvalue weighted by Crippen LogP contribution is 2.33. The number of benzene rings is 1. The quantitative estimate of drug-likeness (QED) is 0.805. The number of nitrogens with one attached hydrogen (secondary N) is 1. The van der Waals surface area contributed by atoms with Crippen LogP contribution in [-0.4, -0.2) is 17.2 Å². The molecule has 1 fully saturated rings. The normalized spacial score (nSPS) is 24.3. The van der Waals surface area contributed by atoms with Crippen LogP contribution in [0.25, 0.3) is 0 Å². The third kappa shape index (κ3) is 3.59. The van der Waals surface area contributed by atoms with Gasteiger partial charge in [0, 0.05) is 9.61 Å². The predicted molar refractivity (Wildman–Crippen MR) is 75.3 cm³/mol. The number of rotatable bonds is 2. The molecule has 2 rings (SSSR count). The molecule has 1 aliphatic rings. The van der Waals surface area contributed by atoms with Crippen LogP contribution in [0.3, 0.4) is 0 Å². The van der Waals surface area contributed by atoms with Crippen LogP contribution in [0.5, 0.6) is 0 Å². The summed E-state index contributed by atoms with van der Waals surface area (Å²) in [5.74, 6) is 0.496. The molecular weight excluding hydrogens is 329 g/mol. The standard InChI is InChI=1S/C13H16INO2/c14-11-5-1-3-9(7-11)10-4-2-6-12(8-10)15-13(16)17/h1,3,5,7,10,12,15H,2,4,6,8H2,(H,16,17). The Morgan fingerprint density at radius 3 is 2.94 bits per heavy atom. The van der Waals surface area contributed by atoms with Gasteiger partial charge in [0.25, 0.3) is 0 Å². The van der Waals surface area contributed by atoms with Crippen molar-refractivity contribution >= 4 is 28.7 Å². The maximum atomic E-state index is 10.7. The molecule has 0 heterocycles. The van der Waals surface area contributed by atoms with Gasteiger partial charge in [0.2, 0.25) is 0 Å². The zero-order chi connectivity index (χ0) is 12.3. The van der Waals surface area contributed by atoms with Crippen molar-refractivity contribution in [2.45, 2.75) is 37.6 Å². The minimum atomic E-state index is -0.904. The van der Waals surface area contributed by atoms with Gasteiger partial charge in [-0.15, -0.1) is 0 Å². The first-order valence-electron chi connectivity index (χ1n) is 5.90. The second kappa shape index (κ2) is 5.71. The van der Waals surface area contributed by atoms with Crippen molar-refractivity contribution in [3.05, 3.63) is 33.4 Å². The Labute approximate surface area is 115 Å². The topological polar surface area (TPSA) is 49.3 Å². The van der Waals surface area contributed by atoms with E-state index in [4.69, 9.17) is 5.11 Å². The Bertz CT molecular complexity index is 408. The molecule has 0 saturated heterocycles. The van der Waals surface area contributed by atoms with Crippen LogP contribution in [0, 0.1) is 3.57 Å². The molecule has 1 aliphatic carbocycles. The van der Waals surface area contributed by atoms with Crippen LogP contribution in [0.2, 0.25) is 0 Å². The summed E-state index contributed by atoms with van der Waals surface area (Å²) in [5, 5.41) is 11.4. The summed E-state index contributed by atoms with van der Waals surface area (Å²) in [4.78, 5) is 10.7. The minimum absolute atomic E-state index is 0.115. The maximum Gasteiger partial charge on any atom is 0.404 e. The summed E-state index contributed by atoms with van der Waals surface area (Å²) in [7, 11) is 0. The van der Waals surface area contributed by atoms with Crippen molar-refractivity contribution in [3.63, 3.8) is 0 Å². The van der Waals surface area contributed by atoms with E-state index in [0.29, 0.717) is 5.92 Å². The van der Waals surface area contributed by atoms with Crippen LogP contribution >= 0.6 is 22.6 Å². The number of hydrogen-bond donors (Lipinski definition) is 2. The molecular formula is C13H16INO2. The van der Waals surface area contributed by atoms with Gasteiger partial charge in [-0.05, 0) is 65.5 Å². The Kier molecular flexibility index (Phi) is 4.25. The Morgan fingerprint density at radius 1 is 1.41 bits per heavy atom. The zero-order valence-electron chi connectivity index (χ0n) is 9.53. The van der Waals surface area contributed by atoms with Gasteiger partial charge in [-0.1, -0.05) is 18.6 Å². The van der Waals surface area contributed by atoms with E-state index >= 15 is 0 Å². The van der Waals surface area contributed by atoms with Crippen LogP contribution in [-0.2, 0) is 0 Å². The van der Waals surface area contributed by atoms with Gasteiger partial charge in [0.05, 0.1) is 0 Å². The molecule has 1 amide bonds. The molecule has 0 aromatic heterocycles. The van der Waals surface area contributed by atoms with Crippen LogP contribution in [0.15, 0.2) is 24.3 Å². The molecule has 1 saturated carbocycles. The fourth-order valence-electron chi connectivity index (χ4n) is 2.56. The average molecular weight is 345 g/mol. The summed E-state index contributed by atoms with van der Waals surface area (Å²) in [5.41, 5.74) is 1.34. The highest BCUT2D eigenvalue weighted by Gasteiger charge is 2.24. The van der Waals surface area contributed by atoms with Crippen molar-refractivity contribution in [1.29, 1.82) is 0 Å². The van der Waals surface area contributed by atoms with Crippen LogP contribution in [0.1, 0.15) is 37.2 Å². The van der Waals surface area contributed by atoms with Gasteiger partial charge in [-0.3, -0.25) is 0 Å². The Morgan fingerprint density at radius 2 is 2.24 bits per heavy atom. The summed E-state index contributed by atoms with van der Waals surface area (Å²) in [6.45, 7) is 0. The van der Waals surface area contributed by atoms with E-state index in [1.54, 1.807) is 0 Å². The molecule has 92 valence electrons. The van der Waals surface area contributed by atoms with E-state index in [0.717, 1.165) is 25.7 Å². The number of carbonyl (C=O) groups is 1. The first-order chi connectivity index (χ1) is 8.15. The molecule has 1 aromatic carbocycles. The predicted octanol–water partition coefficient (Wildman–Crippen LogP) is 3.59. The molecule has 0 bridgehead atoms. The molecule has 17 heavy (non-hydrogen) atoms. The lowest BCUT2D eigenvalue weighted by atomic mass is 9.81. The molecule has 2 N–H and O–H groups in total. The van der Waals surface area contributed by atoms with Gasteiger partial charge in [-0.2, -0.15) is 0 Å². The summed E-state index contributed by atoms with van der Waals surface area (Å²) in [6, 6.07) is 8.62. The molecule has 0 aliphatic heterocycles. The first kappa shape index (κ1) is 12.7. The zero-order valence-corrected chi connectivity index (χ0v) is 11.7. The lowest BCUT2D eigenvalue weighted by Gasteiger charge is -2.29. The largest absolute Gasteiger partial charge is 0.465 e. The lowest BCUT2D eigenvalue weighted by molar-refractivity contribution is 0.184. The maximum absolute atomic E-state index is 10.7. The van der Waals surface area contributed by atoms with E-state index in [1.165, 1.54) is 9.13 Å². The van der Waals surface area contributed by atoms with Crippen molar-refractivity contribution in [1.82, 2.24) is 5.32 Å². The van der Waals surface area contributed by atoms with Crippen molar-refractivity contribution in [2.24, 2.45) is 0 Å². The monoisotopic (exact) mass is 345 g/mol. The molecule has 3 nitrogen and oxygen atoms in total. The SMILES string of the molecule is O=C(O)NC1CCCC(c2cccc(I)c2)C1. The average Bonchev–Trinajstić information content (AvgIpc) is 2.28. The third-order valence-corrected chi connectivity index (χ3v) is 3.99. The molecule has 0 spiro atoms. The molecule has 2 unspecified atom stereocenters. The van der Waals surface area contributed by atoms with E-state index < -0.39 is 6.09 Å². The van der Waals surface area contributed by atoms with Crippen LogP contribution < -0.4 is 5.32 Å². The highest BCUT2D eigenvalue weighted by molar-refractivity contribution is 14.1. The van der Waals surface area contributed by atoms with E-state index in [1.807, 2.05) is 0 Å². The number of hydrogen-bond acceptors (Lipinski definition) is 1. The number of amides is 1. The fraction of sp³-hybridized carbons (Fsp3) is 0.462. The first-order valence-corrected chi connectivity index (χ1v) is 6.98. The van der Waals surface area contributed by atoms with Gasteiger partial charge >= 0.3 is 6.09 Å². The van der Waals surface area contributed by atoms with Gasteiger partial charge in [0.15, 0.2) is 0 Å². The molecule has 2 atom stereocenters. The Balaban J connectivity index is 2.04. The fourth-order valence-corrected chi connectivity index (χ4v) is 3.13. The minimum Gasteiger partial charge on any atom is -0.465 e. The van der Waals surface area contributed by atoms with E-state index in [-0.39, 0.29) is 6.04 Å². The smallest absolute Gasteiger partial charge is 0.404 e. The van der Waals surface area contributed by atoms with Crippen molar-refractivity contribution in [3.8, 4) is 0 Å². The third-order valence-electron chi connectivity index (χ3n) is 3.32. The van der Waals surface area contributed by atoms with E-state index in [9.17, 15) is 4.79 Å². The second-order valence-corrected chi connectivity index (χ2v) is 5.81. The van der Waals surface area contributed by atoms with Crippen molar-refractivity contribution < 1.29 is 9.90 Å². The summed E-state index contributed by atoms with van der Waals surface area (Å²) < 4.78 is 1.24. The summed E-state index contributed by atoms with van der Waals surface area (Å²) in [6.07, 6.45) is 3.25. The second-order valence-electron chi connectivity index (χ2n) is 4.56. The molecule has 0 radical (unpaired) electrons. The highest BCUT2D eigenvalue weighted by atomic mass is 127. The molecule has 1 aromatic rings. The van der Waals surface area contributed by atoms with Gasteiger partial charge in [-0.25, -0.2) is 4.79 Å². The van der Waals surface area contributed by atoms with Crippen molar-refractivity contribution in [2.75, 3.05) is 0 Å². The Hall–Kier alpha value is -0.780. The van der Waals surface area contributed by atoms with Gasteiger partial charge < -0.3 is 10.4 Å². The number of carboxylic acid groups (broad SMARTS) is 1. The summed E-state index contributed by atoms with van der Waals surface area (Å²) >= 11 is 2.32. The number of halogens is 1. The van der Waals surface area contributed by atoms with E-state index in [2.05, 4.69) is 52.2 Å². The van der Waals surface area contributed by atoms with Crippen LogP contribution in [0.4, 0.5) is 4.79 Å². The van der Waals surface area contributed by atoms with Gasteiger partial charge in [0.1, 0.15) is 0 Å². The lowest BCUT2D eigenvalue weighted by Crippen LogP contribution is -2.36.